The zero-order valence-corrected chi connectivity index (χ0v) is 14.0. The van der Waals surface area contributed by atoms with Gasteiger partial charge in [-0.05, 0) is 78.3 Å². The highest BCUT2D eigenvalue weighted by Crippen LogP contribution is 2.12. The molecule has 0 bridgehead atoms. The molecule has 0 fully saturated rings. The molecule has 1 unspecified atom stereocenters. The van der Waals surface area contributed by atoms with Crippen LogP contribution in [0, 0.1) is 3.57 Å². The summed E-state index contributed by atoms with van der Waals surface area (Å²) < 4.78 is 1.05. The van der Waals surface area contributed by atoms with Gasteiger partial charge in [-0.1, -0.05) is 18.2 Å². The van der Waals surface area contributed by atoms with Crippen LogP contribution in [0.1, 0.15) is 29.3 Å². The Hall–Kier alpha value is -1.56. The molecule has 4 heteroatoms. The zero-order valence-electron chi connectivity index (χ0n) is 11.8. The van der Waals surface area contributed by atoms with Crippen molar-refractivity contribution < 1.29 is 9.90 Å². The fourth-order valence-corrected chi connectivity index (χ4v) is 2.60. The first kappa shape index (κ1) is 15.8. The Kier molecular flexibility index (Phi) is 5.61. The number of rotatable bonds is 5. The molecule has 0 aliphatic carbocycles. The molecule has 0 heterocycles. The van der Waals surface area contributed by atoms with Crippen LogP contribution in [0.5, 0.6) is 5.75 Å². The Morgan fingerprint density at radius 1 is 1.24 bits per heavy atom. The summed E-state index contributed by atoms with van der Waals surface area (Å²) in [7, 11) is 0. The van der Waals surface area contributed by atoms with E-state index in [1.54, 1.807) is 12.1 Å². The lowest BCUT2D eigenvalue weighted by Gasteiger charge is -2.14. The third-order valence-electron chi connectivity index (χ3n) is 3.27. The van der Waals surface area contributed by atoms with Crippen LogP contribution in [-0.4, -0.2) is 17.1 Å². The number of phenolic OH excluding ortho intramolecular Hbond substituents is 1. The number of hydrogen-bond donors (Lipinski definition) is 2. The van der Waals surface area contributed by atoms with Gasteiger partial charge in [0, 0.05) is 15.2 Å². The predicted octanol–water partition coefficient (Wildman–Crippen LogP) is 3.75. The fourth-order valence-electron chi connectivity index (χ4n) is 2.05. The number of phenols is 1. The van der Waals surface area contributed by atoms with Crippen molar-refractivity contribution >= 4 is 28.5 Å². The molecule has 3 nitrogen and oxygen atoms in total. The third kappa shape index (κ3) is 5.04. The molecule has 21 heavy (non-hydrogen) atoms. The molecular weight excluding hydrogens is 377 g/mol. The number of aromatic hydroxyl groups is 1. The van der Waals surface area contributed by atoms with E-state index in [-0.39, 0.29) is 17.7 Å². The van der Waals surface area contributed by atoms with Crippen molar-refractivity contribution in [3.8, 4) is 5.75 Å². The summed E-state index contributed by atoms with van der Waals surface area (Å²) in [6.07, 6.45) is 1.73. The molecule has 2 aromatic rings. The zero-order chi connectivity index (χ0) is 15.2. The van der Waals surface area contributed by atoms with Crippen LogP contribution in [0.2, 0.25) is 0 Å². The summed E-state index contributed by atoms with van der Waals surface area (Å²) in [6, 6.07) is 14.8. The van der Waals surface area contributed by atoms with Crippen molar-refractivity contribution in [1.29, 1.82) is 0 Å². The Balaban J connectivity index is 1.85. The minimum absolute atomic E-state index is 0.0354. The van der Waals surface area contributed by atoms with Crippen molar-refractivity contribution in [3.63, 3.8) is 0 Å². The lowest BCUT2D eigenvalue weighted by atomic mass is 10.1. The van der Waals surface area contributed by atoms with E-state index in [1.165, 1.54) is 0 Å². The summed E-state index contributed by atoms with van der Waals surface area (Å²) in [5.41, 5.74) is 1.85. The van der Waals surface area contributed by atoms with Crippen LogP contribution in [-0.2, 0) is 6.42 Å². The van der Waals surface area contributed by atoms with E-state index >= 15 is 0 Å². The van der Waals surface area contributed by atoms with Gasteiger partial charge in [0.1, 0.15) is 5.75 Å². The first-order valence-corrected chi connectivity index (χ1v) is 7.97. The fraction of sp³-hybridized carbons (Fsp3) is 0.235. The predicted molar refractivity (Wildman–Crippen MR) is 92.5 cm³/mol. The molecule has 0 aliphatic rings. The number of carbonyl (C=O) groups excluding carboxylic acids is 1. The molecule has 0 saturated heterocycles. The van der Waals surface area contributed by atoms with Gasteiger partial charge in [-0.2, -0.15) is 0 Å². The first-order valence-electron chi connectivity index (χ1n) is 6.89. The molecular formula is C17H18INO2. The second-order valence-corrected chi connectivity index (χ2v) is 6.34. The maximum Gasteiger partial charge on any atom is 0.251 e. The molecule has 1 atom stereocenters. The van der Waals surface area contributed by atoms with Gasteiger partial charge < -0.3 is 10.4 Å². The Morgan fingerprint density at radius 3 is 2.62 bits per heavy atom. The van der Waals surface area contributed by atoms with E-state index < -0.39 is 0 Å². The third-order valence-corrected chi connectivity index (χ3v) is 3.94. The molecule has 110 valence electrons. The van der Waals surface area contributed by atoms with Crippen molar-refractivity contribution in [2.75, 3.05) is 0 Å². The van der Waals surface area contributed by atoms with E-state index in [1.807, 2.05) is 43.3 Å². The van der Waals surface area contributed by atoms with Crippen LogP contribution in [0.25, 0.3) is 0 Å². The van der Waals surface area contributed by atoms with Crippen LogP contribution in [0.15, 0.2) is 48.5 Å². The average molecular weight is 395 g/mol. The van der Waals surface area contributed by atoms with Gasteiger partial charge in [0.15, 0.2) is 0 Å². The standard InChI is InChI=1S/C17H18INO2/c1-12(5-6-13-7-9-16(20)10-8-13)19-17(21)14-3-2-4-15(18)11-14/h2-4,7-12,20H,5-6H2,1H3,(H,19,21). The van der Waals surface area contributed by atoms with Crippen molar-refractivity contribution in [2.24, 2.45) is 0 Å². The minimum Gasteiger partial charge on any atom is -0.508 e. The number of halogens is 1. The molecule has 2 rings (SSSR count). The molecule has 0 aliphatic heterocycles. The van der Waals surface area contributed by atoms with Gasteiger partial charge in [-0.15, -0.1) is 0 Å². The largest absolute Gasteiger partial charge is 0.508 e. The van der Waals surface area contributed by atoms with Gasteiger partial charge >= 0.3 is 0 Å². The van der Waals surface area contributed by atoms with Gasteiger partial charge in [0.05, 0.1) is 0 Å². The van der Waals surface area contributed by atoms with E-state index in [2.05, 4.69) is 27.9 Å². The van der Waals surface area contributed by atoms with Gasteiger partial charge in [-0.3, -0.25) is 4.79 Å². The van der Waals surface area contributed by atoms with Gasteiger partial charge in [0.25, 0.3) is 5.91 Å². The number of amides is 1. The SMILES string of the molecule is CC(CCc1ccc(O)cc1)NC(=O)c1cccc(I)c1. The summed E-state index contributed by atoms with van der Waals surface area (Å²) in [4.78, 5) is 12.1. The first-order chi connectivity index (χ1) is 10.0. The van der Waals surface area contributed by atoms with E-state index in [0.717, 1.165) is 22.0 Å². The topological polar surface area (TPSA) is 49.3 Å². The van der Waals surface area contributed by atoms with E-state index in [9.17, 15) is 9.90 Å². The maximum atomic E-state index is 12.1. The molecule has 1 amide bonds. The van der Waals surface area contributed by atoms with Crippen LogP contribution < -0.4 is 5.32 Å². The maximum absolute atomic E-state index is 12.1. The highest BCUT2D eigenvalue weighted by molar-refractivity contribution is 14.1. The highest BCUT2D eigenvalue weighted by atomic mass is 127. The molecule has 0 aromatic heterocycles. The lowest BCUT2D eigenvalue weighted by Crippen LogP contribution is -2.32. The highest BCUT2D eigenvalue weighted by Gasteiger charge is 2.10. The Morgan fingerprint density at radius 2 is 1.95 bits per heavy atom. The minimum atomic E-state index is -0.0354. The van der Waals surface area contributed by atoms with Gasteiger partial charge in [-0.25, -0.2) is 0 Å². The number of aryl methyl sites for hydroxylation is 1. The Labute approximate surface area is 138 Å². The van der Waals surface area contributed by atoms with Crippen molar-refractivity contribution in [1.82, 2.24) is 5.32 Å². The second-order valence-electron chi connectivity index (χ2n) is 5.09. The molecule has 2 aromatic carbocycles. The van der Waals surface area contributed by atoms with Crippen LogP contribution in [0.3, 0.4) is 0 Å². The lowest BCUT2D eigenvalue weighted by molar-refractivity contribution is 0.0938. The average Bonchev–Trinajstić information content (AvgIpc) is 2.46. The van der Waals surface area contributed by atoms with E-state index in [4.69, 9.17) is 0 Å². The molecule has 2 N–H and O–H groups in total. The second kappa shape index (κ2) is 7.45. The summed E-state index contributed by atoms with van der Waals surface area (Å²) in [5, 5.41) is 12.3. The van der Waals surface area contributed by atoms with E-state index in [0.29, 0.717) is 5.56 Å². The smallest absolute Gasteiger partial charge is 0.251 e. The number of benzene rings is 2. The quantitative estimate of drug-likeness (QED) is 0.758. The van der Waals surface area contributed by atoms with Gasteiger partial charge in [0.2, 0.25) is 0 Å². The van der Waals surface area contributed by atoms with Crippen LogP contribution in [0.4, 0.5) is 0 Å². The normalized spacial score (nSPS) is 11.9. The van der Waals surface area contributed by atoms with Crippen LogP contribution >= 0.6 is 22.6 Å². The van der Waals surface area contributed by atoms with Crippen molar-refractivity contribution in [2.45, 2.75) is 25.8 Å². The number of hydrogen-bond acceptors (Lipinski definition) is 2. The molecule has 0 spiro atoms. The Bertz CT molecular complexity index is 610. The van der Waals surface area contributed by atoms with Crippen molar-refractivity contribution in [3.05, 3.63) is 63.2 Å². The number of nitrogens with one attached hydrogen (secondary N) is 1. The molecule has 0 saturated carbocycles. The summed E-state index contributed by atoms with van der Waals surface area (Å²) in [6.45, 7) is 2.01. The monoisotopic (exact) mass is 395 g/mol. The summed E-state index contributed by atoms with van der Waals surface area (Å²) >= 11 is 2.20. The number of carbonyl (C=O) groups is 1. The molecule has 0 radical (unpaired) electrons. The summed E-state index contributed by atoms with van der Waals surface area (Å²) in [5.74, 6) is 0.241.